The second-order valence-corrected chi connectivity index (χ2v) is 8.13. The van der Waals surface area contributed by atoms with Crippen molar-refractivity contribution in [2.75, 3.05) is 19.5 Å². The van der Waals surface area contributed by atoms with Crippen molar-refractivity contribution in [1.82, 2.24) is 15.8 Å². The molecule has 1 aliphatic heterocycles. The van der Waals surface area contributed by atoms with Gasteiger partial charge in [-0.1, -0.05) is 30.3 Å². The highest BCUT2D eigenvalue weighted by atomic mass is 32.1. The summed E-state index contributed by atoms with van der Waals surface area (Å²) in [7, 11) is 3.30. The first-order chi connectivity index (χ1) is 14.7. The SMILES string of the molecule is COc1ccc(Cc2cnc(NC(=O)C3CC(c4ccccc4OC)NN3)s2)cc1. The van der Waals surface area contributed by atoms with Gasteiger partial charge in [-0.25, -0.2) is 15.8 Å². The molecular formula is C22H24N4O3S. The zero-order chi connectivity index (χ0) is 20.9. The Hall–Kier alpha value is -2.94. The average molecular weight is 425 g/mol. The maximum absolute atomic E-state index is 12.7. The molecule has 8 heteroatoms. The van der Waals surface area contributed by atoms with Crippen LogP contribution in [0.25, 0.3) is 0 Å². The second-order valence-electron chi connectivity index (χ2n) is 7.02. The number of carbonyl (C=O) groups is 1. The lowest BCUT2D eigenvalue weighted by molar-refractivity contribution is -0.117. The minimum absolute atomic E-state index is 0.00109. The highest BCUT2D eigenvalue weighted by Crippen LogP contribution is 2.30. The fourth-order valence-electron chi connectivity index (χ4n) is 3.47. The molecule has 2 unspecified atom stereocenters. The fourth-order valence-corrected chi connectivity index (χ4v) is 4.32. The standard InChI is InChI=1S/C22H24N4O3S/c1-28-15-9-7-14(8-10-15)11-16-13-23-22(30-16)24-21(27)19-12-18(25-26-19)17-5-3-4-6-20(17)29-2/h3-10,13,18-19,25-26H,11-12H2,1-2H3,(H,23,24,27). The predicted molar refractivity (Wildman–Crippen MR) is 117 cm³/mol. The van der Waals surface area contributed by atoms with E-state index in [1.54, 1.807) is 14.2 Å². The van der Waals surface area contributed by atoms with Crippen LogP contribution in [-0.4, -0.2) is 31.2 Å². The number of amides is 1. The maximum atomic E-state index is 12.7. The van der Waals surface area contributed by atoms with E-state index in [0.717, 1.165) is 28.4 Å². The number of carbonyl (C=O) groups excluding carboxylic acids is 1. The van der Waals surface area contributed by atoms with E-state index in [1.165, 1.54) is 16.9 Å². The molecular weight excluding hydrogens is 400 g/mol. The molecule has 0 bridgehead atoms. The zero-order valence-corrected chi connectivity index (χ0v) is 17.7. The summed E-state index contributed by atoms with van der Waals surface area (Å²) in [5.74, 6) is 1.53. The second kappa shape index (κ2) is 9.25. The zero-order valence-electron chi connectivity index (χ0n) is 16.8. The Bertz CT molecular complexity index is 1010. The summed E-state index contributed by atoms with van der Waals surface area (Å²) in [5, 5.41) is 3.53. The highest BCUT2D eigenvalue weighted by Gasteiger charge is 2.31. The van der Waals surface area contributed by atoms with Crippen molar-refractivity contribution < 1.29 is 14.3 Å². The minimum atomic E-state index is -0.353. The van der Waals surface area contributed by atoms with Crippen LogP contribution in [-0.2, 0) is 11.2 Å². The van der Waals surface area contributed by atoms with Crippen molar-refractivity contribution >= 4 is 22.4 Å². The summed E-state index contributed by atoms with van der Waals surface area (Å²) >= 11 is 1.49. The van der Waals surface area contributed by atoms with Gasteiger partial charge in [-0.15, -0.1) is 11.3 Å². The molecule has 3 N–H and O–H groups in total. The van der Waals surface area contributed by atoms with E-state index in [9.17, 15) is 4.79 Å². The van der Waals surface area contributed by atoms with Gasteiger partial charge < -0.3 is 14.8 Å². The van der Waals surface area contributed by atoms with Crippen LogP contribution < -0.4 is 25.6 Å². The molecule has 156 valence electrons. The number of thiazole rings is 1. The Balaban J connectivity index is 1.34. The van der Waals surface area contributed by atoms with E-state index in [-0.39, 0.29) is 18.0 Å². The van der Waals surface area contributed by atoms with Crippen LogP contribution in [0.3, 0.4) is 0 Å². The number of ether oxygens (including phenoxy) is 2. The lowest BCUT2D eigenvalue weighted by Crippen LogP contribution is -2.39. The summed E-state index contributed by atoms with van der Waals surface area (Å²) in [6.07, 6.45) is 3.19. The number of methoxy groups -OCH3 is 2. The van der Waals surface area contributed by atoms with Gasteiger partial charge in [0, 0.05) is 23.1 Å². The molecule has 2 heterocycles. The fraction of sp³-hybridized carbons (Fsp3) is 0.273. The number of hydrogen-bond acceptors (Lipinski definition) is 7. The van der Waals surface area contributed by atoms with Crippen LogP contribution in [0.15, 0.2) is 54.7 Å². The van der Waals surface area contributed by atoms with Crippen molar-refractivity contribution in [3.05, 3.63) is 70.7 Å². The first-order valence-electron chi connectivity index (χ1n) is 9.68. The molecule has 1 saturated heterocycles. The monoisotopic (exact) mass is 424 g/mol. The van der Waals surface area contributed by atoms with Crippen LogP contribution in [0, 0.1) is 0 Å². The molecule has 7 nitrogen and oxygen atoms in total. The number of nitrogens with zero attached hydrogens (tertiary/aromatic N) is 1. The Kier molecular flexibility index (Phi) is 6.27. The largest absolute Gasteiger partial charge is 0.497 e. The number of rotatable bonds is 7. The number of hydrogen-bond donors (Lipinski definition) is 3. The number of nitrogens with one attached hydrogen (secondary N) is 3. The van der Waals surface area contributed by atoms with Crippen LogP contribution in [0.5, 0.6) is 11.5 Å². The van der Waals surface area contributed by atoms with Crippen LogP contribution >= 0.6 is 11.3 Å². The van der Waals surface area contributed by atoms with Gasteiger partial charge in [0.1, 0.15) is 17.5 Å². The van der Waals surface area contributed by atoms with Gasteiger partial charge in [-0.05, 0) is 30.2 Å². The van der Waals surface area contributed by atoms with Crippen molar-refractivity contribution in [1.29, 1.82) is 0 Å². The Morgan fingerprint density at radius 3 is 2.70 bits per heavy atom. The number of aromatic nitrogens is 1. The van der Waals surface area contributed by atoms with Crippen molar-refractivity contribution in [3.8, 4) is 11.5 Å². The quantitative estimate of drug-likeness (QED) is 0.540. The molecule has 30 heavy (non-hydrogen) atoms. The molecule has 2 aromatic carbocycles. The van der Waals surface area contributed by atoms with Crippen molar-refractivity contribution in [2.24, 2.45) is 0 Å². The summed E-state index contributed by atoms with van der Waals surface area (Å²) in [6.45, 7) is 0. The molecule has 1 aliphatic rings. The molecule has 1 amide bonds. The summed E-state index contributed by atoms with van der Waals surface area (Å²) in [5.41, 5.74) is 8.47. The third kappa shape index (κ3) is 4.62. The van der Waals surface area contributed by atoms with E-state index in [1.807, 2.05) is 54.7 Å². The third-order valence-corrected chi connectivity index (χ3v) is 5.97. The highest BCUT2D eigenvalue weighted by molar-refractivity contribution is 7.15. The Labute approximate surface area is 179 Å². The van der Waals surface area contributed by atoms with Gasteiger partial charge in [0.05, 0.1) is 20.3 Å². The number of para-hydroxylation sites is 1. The normalized spacial score (nSPS) is 18.2. The van der Waals surface area contributed by atoms with Gasteiger partial charge in [-0.3, -0.25) is 4.79 Å². The third-order valence-electron chi connectivity index (χ3n) is 5.06. The number of anilines is 1. The van der Waals surface area contributed by atoms with Crippen LogP contribution in [0.1, 0.15) is 28.5 Å². The van der Waals surface area contributed by atoms with Crippen molar-refractivity contribution in [2.45, 2.75) is 24.9 Å². The smallest absolute Gasteiger partial charge is 0.244 e. The lowest BCUT2D eigenvalue weighted by Gasteiger charge is -2.13. The topological polar surface area (TPSA) is 84.5 Å². The van der Waals surface area contributed by atoms with Crippen molar-refractivity contribution in [3.63, 3.8) is 0 Å². The van der Waals surface area contributed by atoms with Gasteiger partial charge in [0.25, 0.3) is 0 Å². The summed E-state index contributed by atoms with van der Waals surface area (Å²) < 4.78 is 10.6. The molecule has 0 spiro atoms. The first kappa shape index (κ1) is 20.3. The van der Waals surface area contributed by atoms with E-state index in [4.69, 9.17) is 9.47 Å². The molecule has 3 aromatic rings. The van der Waals surface area contributed by atoms with E-state index < -0.39 is 0 Å². The summed E-state index contributed by atoms with van der Waals surface area (Å²) in [6, 6.07) is 15.4. The van der Waals surface area contributed by atoms with Gasteiger partial charge in [-0.2, -0.15) is 0 Å². The van der Waals surface area contributed by atoms with Gasteiger partial charge in [0.2, 0.25) is 5.91 Å². The Morgan fingerprint density at radius 1 is 1.13 bits per heavy atom. The predicted octanol–water partition coefficient (Wildman–Crippen LogP) is 3.30. The number of hydrazine groups is 1. The molecule has 1 fully saturated rings. The molecule has 2 atom stereocenters. The summed E-state index contributed by atoms with van der Waals surface area (Å²) in [4.78, 5) is 18.1. The Morgan fingerprint density at radius 2 is 1.93 bits per heavy atom. The van der Waals surface area contributed by atoms with E-state index in [2.05, 4.69) is 21.2 Å². The van der Waals surface area contributed by atoms with Gasteiger partial charge >= 0.3 is 0 Å². The first-order valence-corrected chi connectivity index (χ1v) is 10.5. The molecule has 0 saturated carbocycles. The number of benzene rings is 2. The van der Waals surface area contributed by atoms with Gasteiger partial charge in [0.15, 0.2) is 5.13 Å². The van der Waals surface area contributed by atoms with Crippen LogP contribution in [0.4, 0.5) is 5.13 Å². The molecule has 0 aliphatic carbocycles. The molecule has 1 aromatic heterocycles. The maximum Gasteiger partial charge on any atom is 0.244 e. The van der Waals surface area contributed by atoms with Crippen LogP contribution in [0.2, 0.25) is 0 Å². The van der Waals surface area contributed by atoms with E-state index >= 15 is 0 Å². The van der Waals surface area contributed by atoms with E-state index in [0.29, 0.717) is 11.6 Å². The molecule has 4 rings (SSSR count). The average Bonchev–Trinajstić information content (AvgIpc) is 3.44. The minimum Gasteiger partial charge on any atom is -0.497 e. The molecule has 0 radical (unpaired) electrons. The lowest BCUT2D eigenvalue weighted by atomic mass is 10.0.